The summed E-state index contributed by atoms with van der Waals surface area (Å²) in [5.74, 6) is 0.0867. The van der Waals surface area contributed by atoms with Crippen LogP contribution in [0.3, 0.4) is 0 Å². The van der Waals surface area contributed by atoms with E-state index >= 15 is 0 Å². The second-order valence-corrected chi connectivity index (χ2v) is 7.75. The molecule has 2 aromatic rings. The van der Waals surface area contributed by atoms with E-state index in [-0.39, 0.29) is 10.7 Å². The number of fused-ring (bicyclic) bond motifs is 1. The van der Waals surface area contributed by atoms with Gasteiger partial charge in [0.25, 0.3) is 5.56 Å². The molecule has 0 N–H and O–H groups in total. The molecule has 6 heteroatoms. The fraction of sp³-hybridized carbons (Fsp3) is 0.500. The topological polar surface area (TPSA) is 40.5 Å². The van der Waals surface area contributed by atoms with Gasteiger partial charge >= 0.3 is 7.12 Å². The van der Waals surface area contributed by atoms with E-state index in [2.05, 4.69) is 0 Å². The third-order valence-corrected chi connectivity index (χ3v) is 5.18. The zero-order valence-corrected chi connectivity index (χ0v) is 15.0. The van der Waals surface area contributed by atoms with Crippen LogP contribution < -0.4 is 11.0 Å². The Hall–Kier alpha value is -1.66. The van der Waals surface area contributed by atoms with E-state index in [0.29, 0.717) is 5.39 Å². The summed E-state index contributed by atoms with van der Waals surface area (Å²) in [7, 11) is -0.507. The Morgan fingerprint density at radius 1 is 1.08 bits per heavy atom. The number of nitrogens with zero attached hydrogens (tertiary/aromatic N) is 1. The maximum Gasteiger partial charge on any atom is 0.494 e. The predicted molar refractivity (Wildman–Crippen MR) is 94.5 cm³/mol. The van der Waals surface area contributed by atoms with Gasteiger partial charge in [-0.2, -0.15) is 0 Å². The van der Waals surface area contributed by atoms with Crippen LogP contribution >= 0.6 is 0 Å². The molecular weight excluding hydrogens is 308 g/mol. The Morgan fingerprint density at radius 2 is 1.67 bits per heavy atom. The highest BCUT2D eigenvalue weighted by Gasteiger charge is 2.51. The molecule has 3 rings (SSSR count). The maximum absolute atomic E-state index is 13.8. The van der Waals surface area contributed by atoms with Crippen LogP contribution in [0.5, 0.6) is 0 Å². The average molecular weight is 331 g/mol. The number of rotatable bonds is 2. The largest absolute Gasteiger partial charge is 0.494 e. The molecule has 1 fully saturated rings. The first kappa shape index (κ1) is 17.2. The van der Waals surface area contributed by atoms with Crippen LogP contribution in [0.15, 0.2) is 29.2 Å². The highest BCUT2D eigenvalue weighted by Crippen LogP contribution is 2.36. The molecule has 1 aliphatic rings. The van der Waals surface area contributed by atoms with Crippen LogP contribution in [0.25, 0.3) is 10.8 Å². The summed E-state index contributed by atoms with van der Waals surface area (Å²) in [6, 6.07) is 5.31. The minimum Gasteiger partial charge on any atom is -0.399 e. The van der Waals surface area contributed by atoms with Crippen molar-refractivity contribution in [3.63, 3.8) is 0 Å². The SMILES string of the molecule is CC(C)c1cn(F)c(=O)c2ccc(B3OC(C)(C)C(C)(C)O3)cc12. The number of halogens is 1. The molecule has 1 aliphatic heterocycles. The normalized spacial score (nSPS) is 19.4. The first-order valence-corrected chi connectivity index (χ1v) is 8.24. The molecule has 1 aromatic heterocycles. The monoisotopic (exact) mass is 331 g/mol. The van der Waals surface area contributed by atoms with Crippen LogP contribution in [0.4, 0.5) is 4.48 Å². The summed E-state index contributed by atoms with van der Waals surface area (Å²) in [6.07, 6.45) is 1.27. The lowest BCUT2D eigenvalue weighted by atomic mass is 9.77. The van der Waals surface area contributed by atoms with Crippen molar-refractivity contribution in [1.29, 1.82) is 0 Å². The summed E-state index contributed by atoms with van der Waals surface area (Å²) >= 11 is 0. The van der Waals surface area contributed by atoms with Crippen LogP contribution in [0.2, 0.25) is 0 Å². The van der Waals surface area contributed by atoms with Crippen LogP contribution in [0.1, 0.15) is 53.0 Å². The number of hydrogen-bond acceptors (Lipinski definition) is 3. The van der Waals surface area contributed by atoms with Crippen molar-refractivity contribution in [3.8, 4) is 0 Å². The highest BCUT2D eigenvalue weighted by atomic mass is 19.2. The summed E-state index contributed by atoms with van der Waals surface area (Å²) in [6.45, 7) is 11.9. The van der Waals surface area contributed by atoms with Crippen molar-refractivity contribution in [3.05, 3.63) is 40.3 Å². The van der Waals surface area contributed by atoms with Gasteiger partial charge in [0, 0.05) is 11.6 Å². The van der Waals surface area contributed by atoms with Gasteiger partial charge in [0.15, 0.2) is 0 Å². The van der Waals surface area contributed by atoms with E-state index < -0.39 is 23.9 Å². The number of pyridine rings is 1. The van der Waals surface area contributed by atoms with Gasteiger partial charge in [-0.05, 0) is 56.1 Å². The van der Waals surface area contributed by atoms with Gasteiger partial charge in [-0.25, -0.2) is 0 Å². The van der Waals surface area contributed by atoms with Crippen molar-refractivity contribution >= 4 is 23.4 Å². The third-order valence-electron chi connectivity index (χ3n) is 5.18. The van der Waals surface area contributed by atoms with Crippen molar-refractivity contribution in [1.82, 2.24) is 4.79 Å². The second-order valence-electron chi connectivity index (χ2n) is 7.75. The lowest BCUT2D eigenvalue weighted by molar-refractivity contribution is 0.00578. The molecule has 2 heterocycles. The lowest BCUT2D eigenvalue weighted by Gasteiger charge is -2.32. The fourth-order valence-corrected chi connectivity index (χ4v) is 2.94. The molecule has 0 saturated carbocycles. The smallest absolute Gasteiger partial charge is 0.399 e. The van der Waals surface area contributed by atoms with E-state index in [9.17, 15) is 9.28 Å². The number of hydrogen-bond donors (Lipinski definition) is 0. The standard InChI is InChI=1S/C18H23BFNO3/c1-11(2)15-10-21(20)16(22)13-8-7-12(9-14(13)15)19-23-17(3,4)18(5,6)24-19/h7-11H,1-6H3. The van der Waals surface area contributed by atoms with Crippen LogP contribution in [0, 0.1) is 0 Å². The summed E-state index contributed by atoms with van der Waals surface area (Å²) < 4.78 is 26.0. The van der Waals surface area contributed by atoms with Crippen LogP contribution in [-0.2, 0) is 9.31 Å². The minimum atomic E-state index is -0.644. The molecule has 4 nitrogen and oxygen atoms in total. The molecule has 0 radical (unpaired) electrons. The van der Waals surface area contributed by atoms with Crippen molar-refractivity contribution in [2.75, 3.05) is 0 Å². The Bertz CT molecular complexity index is 841. The third kappa shape index (κ3) is 2.58. The van der Waals surface area contributed by atoms with Gasteiger partial charge in [-0.1, -0.05) is 30.5 Å². The van der Waals surface area contributed by atoms with Gasteiger partial charge in [0.2, 0.25) is 0 Å². The predicted octanol–water partition coefficient (Wildman–Crippen LogP) is 3.16. The molecule has 128 valence electrons. The van der Waals surface area contributed by atoms with Gasteiger partial charge in [0.1, 0.15) is 0 Å². The van der Waals surface area contributed by atoms with E-state index in [1.165, 1.54) is 6.20 Å². The van der Waals surface area contributed by atoms with E-state index in [0.717, 1.165) is 16.4 Å². The highest BCUT2D eigenvalue weighted by molar-refractivity contribution is 6.62. The Kier molecular flexibility index (Phi) is 3.88. The second kappa shape index (κ2) is 5.43. The number of aromatic nitrogens is 1. The summed E-state index contributed by atoms with van der Waals surface area (Å²) in [5.41, 5.74) is 0.102. The molecule has 1 saturated heterocycles. The Morgan fingerprint density at radius 3 is 2.21 bits per heavy atom. The average Bonchev–Trinajstić information content (AvgIpc) is 2.70. The zero-order valence-electron chi connectivity index (χ0n) is 15.0. The van der Waals surface area contributed by atoms with Crippen molar-refractivity contribution in [2.45, 2.75) is 58.7 Å². The number of benzene rings is 1. The molecule has 1 aromatic carbocycles. The quantitative estimate of drug-likeness (QED) is 0.794. The molecule has 24 heavy (non-hydrogen) atoms. The van der Waals surface area contributed by atoms with Crippen molar-refractivity contribution < 1.29 is 13.8 Å². The van der Waals surface area contributed by atoms with E-state index in [4.69, 9.17) is 9.31 Å². The summed E-state index contributed by atoms with van der Waals surface area (Å²) in [4.78, 5) is 12.2. The molecule has 0 bridgehead atoms. The molecule has 0 aliphatic carbocycles. The molecular formula is C18H23BFNO3. The Labute approximate surface area is 141 Å². The van der Waals surface area contributed by atoms with Gasteiger partial charge < -0.3 is 9.31 Å². The van der Waals surface area contributed by atoms with E-state index in [1.807, 2.05) is 47.6 Å². The first-order valence-electron chi connectivity index (χ1n) is 8.24. The molecule has 0 spiro atoms. The maximum atomic E-state index is 13.8. The zero-order chi connectivity index (χ0) is 17.9. The van der Waals surface area contributed by atoms with E-state index in [1.54, 1.807) is 12.1 Å². The van der Waals surface area contributed by atoms with Crippen molar-refractivity contribution in [2.24, 2.45) is 0 Å². The van der Waals surface area contributed by atoms with Gasteiger partial charge in [0.05, 0.1) is 11.2 Å². The lowest BCUT2D eigenvalue weighted by Crippen LogP contribution is -2.41. The molecule has 0 amide bonds. The van der Waals surface area contributed by atoms with Gasteiger partial charge in [-0.3, -0.25) is 4.79 Å². The van der Waals surface area contributed by atoms with Gasteiger partial charge in [-0.15, -0.1) is 4.79 Å². The fourth-order valence-electron chi connectivity index (χ4n) is 2.94. The Balaban J connectivity index is 2.15. The van der Waals surface area contributed by atoms with Crippen LogP contribution in [-0.4, -0.2) is 23.1 Å². The summed E-state index contributed by atoms with van der Waals surface area (Å²) in [5, 5.41) is 1.11. The first-order chi connectivity index (χ1) is 11.0. The minimum absolute atomic E-state index is 0.0867. The molecule has 0 atom stereocenters. The molecule has 0 unspecified atom stereocenters.